The van der Waals surface area contributed by atoms with Crippen molar-refractivity contribution in [3.63, 3.8) is 0 Å². The lowest BCUT2D eigenvalue weighted by molar-refractivity contribution is 0.00254. The highest BCUT2D eigenvalue weighted by molar-refractivity contribution is 5.27. The summed E-state index contributed by atoms with van der Waals surface area (Å²) < 4.78 is 5.65. The second-order valence-electron chi connectivity index (χ2n) is 5.93. The zero-order valence-electron chi connectivity index (χ0n) is 12.7. The van der Waals surface area contributed by atoms with E-state index in [1.165, 1.54) is 0 Å². The first-order chi connectivity index (χ1) is 9.43. The van der Waals surface area contributed by atoms with Crippen LogP contribution in [0, 0.1) is 5.92 Å². The van der Waals surface area contributed by atoms with E-state index in [-0.39, 0.29) is 6.61 Å². The van der Waals surface area contributed by atoms with E-state index < -0.39 is 5.60 Å². The smallest absolute Gasteiger partial charge is 0.119 e. The summed E-state index contributed by atoms with van der Waals surface area (Å²) in [5.41, 5.74) is 0.0508. The van der Waals surface area contributed by atoms with E-state index in [9.17, 15) is 5.11 Å². The number of hydrogen-bond donors (Lipinski definition) is 3. The Kier molecular flexibility index (Phi) is 6.99. The van der Waals surface area contributed by atoms with E-state index >= 15 is 0 Å². The van der Waals surface area contributed by atoms with E-state index in [1.54, 1.807) is 6.92 Å². The maximum atomic E-state index is 9.65. The first kappa shape index (κ1) is 17.0. The predicted octanol–water partition coefficient (Wildman–Crippen LogP) is 1.94. The van der Waals surface area contributed by atoms with Crippen LogP contribution in [-0.4, -0.2) is 35.6 Å². The fourth-order valence-electron chi connectivity index (χ4n) is 1.65. The zero-order valence-corrected chi connectivity index (χ0v) is 12.7. The first-order valence-corrected chi connectivity index (χ1v) is 7.18. The predicted molar refractivity (Wildman–Crippen MR) is 80.8 cm³/mol. The van der Waals surface area contributed by atoms with Gasteiger partial charge < -0.3 is 20.3 Å². The van der Waals surface area contributed by atoms with Gasteiger partial charge in [-0.25, -0.2) is 0 Å². The lowest BCUT2D eigenvalue weighted by atomic mass is 10.1. The molecule has 1 atom stereocenters. The molecule has 0 aliphatic heterocycles. The van der Waals surface area contributed by atoms with Crippen LogP contribution in [0.4, 0.5) is 0 Å². The summed E-state index contributed by atoms with van der Waals surface area (Å²) in [6.07, 6.45) is 1.06. The van der Waals surface area contributed by atoms with Gasteiger partial charge in [0.25, 0.3) is 0 Å². The van der Waals surface area contributed by atoms with E-state index in [2.05, 4.69) is 19.2 Å². The summed E-state index contributed by atoms with van der Waals surface area (Å²) in [7, 11) is 0. The Bertz CT molecular complexity index is 374. The largest absolute Gasteiger partial charge is 0.494 e. The molecule has 4 heteroatoms. The normalized spacial score (nSPS) is 14.3. The van der Waals surface area contributed by atoms with Gasteiger partial charge in [0, 0.05) is 13.1 Å². The molecule has 1 aromatic rings. The van der Waals surface area contributed by atoms with Crippen LogP contribution >= 0.6 is 0 Å². The van der Waals surface area contributed by atoms with E-state index in [0.717, 1.165) is 24.3 Å². The summed E-state index contributed by atoms with van der Waals surface area (Å²) in [6, 6.07) is 7.93. The quantitative estimate of drug-likeness (QED) is 0.647. The standard InChI is InChI=1S/C16H27NO3/c1-13(2)8-9-20-15-6-4-14(5-7-15)10-17-11-16(3,19)12-18/h4-7,13,17-19H,8-12H2,1-3H3. The fraction of sp³-hybridized carbons (Fsp3) is 0.625. The molecule has 0 saturated carbocycles. The highest BCUT2D eigenvalue weighted by Crippen LogP contribution is 2.13. The van der Waals surface area contributed by atoms with Gasteiger partial charge in [-0.2, -0.15) is 0 Å². The fourth-order valence-corrected chi connectivity index (χ4v) is 1.65. The van der Waals surface area contributed by atoms with E-state index in [1.807, 2.05) is 24.3 Å². The Hall–Kier alpha value is -1.10. The summed E-state index contributed by atoms with van der Waals surface area (Å²) in [6.45, 7) is 7.47. The minimum absolute atomic E-state index is 0.247. The number of aliphatic hydroxyl groups excluding tert-OH is 1. The maximum Gasteiger partial charge on any atom is 0.119 e. The molecule has 0 fully saturated rings. The average molecular weight is 281 g/mol. The third-order valence-corrected chi connectivity index (χ3v) is 3.06. The topological polar surface area (TPSA) is 61.7 Å². The molecule has 1 rings (SSSR count). The van der Waals surface area contributed by atoms with Gasteiger partial charge in [-0.1, -0.05) is 26.0 Å². The Morgan fingerprint density at radius 1 is 1.25 bits per heavy atom. The highest BCUT2D eigenvalue weighted by Gasteiger charge is 2.17. The van der Waals surface area contributed by atoms with Crippen LogP contribution in [0.25, 0.3) is 0 Å². The van der Waals surface area contributed by atoms with Crippen molar-refractivity contribution in [3.8, 4) is 5.75 Å². The summed E-state index contributed by atoms with van der Waals surface area (Å²) in [5.74, 6) is 1.54. The minimum Gasteiger partial charge on any atom is -0.494 e. The number of benzene rings is 1. The van der Waals surface area contributed by atoms with Crippen LogP contribution in [0.5, 0.6) is 5.75 Å². The number of rotatable bonds is 9. The van der Waals surface area contributed by atoms with Gasteiger partial charge >= 0.3 is 0 Å². The van der Waals surface area contributed by atoms with Gasteiger partial charge in [0.2, 0.25) is 0 Å². The lowest BCUT2D eigenvalue weighted by Gasteiger charge is -2.20. The van der Waals surface area contributed by atoms with Gasteiger partial charge in [-0.15, -0.1) is 0 Å². The summed E-state index contributed by atoms with van der Waals surface area (Å²) >= 11 is 0. The third kappa shape index (κ3) is 6.89. The molecule has 0 radical (unpaired) electrons. The maximum absolute atomic E-state index is 9.65. The zero-order chi connectivity index (χ0) is 15.0. The molecule has 0 amide bonds. The second kappa shape index (κ2) is 8.25. The lowest BCUT2D eigenvalue weighted by Crippen LogP contribution is -2.40. The summed E-state index contributed by atoms with van der Waals surface area (Å²) in [4.78, 5) is 0. The Morgan fingerprint density at radius 3 is 2.45 bits per heavy atom. The average Bonchev–Trinajstić information content (AvgIpc) is 2.40. The van der Waals surface area contributed by atoms with Crippen molar-refractivity contribution in [2.45, 2.75) is 39.3 Å². The van der Waals surface area contributed by atoms with Crippen molar-refractivity contribution in [1.82, 2.24) is 5.32 Å². The molecule has 1 unspecified atom stereocenters. The molecule has 4 nitrogen and oxygen atoms in total. The van der Waals surface area contributed by atoms with Gasteiger partial charge in [0.1, 0.15) is 5.75 Å². The molecule has 0 spiro atoms. The SMILES string of the molecule is CC(C)CCOc1ccc(CNCC(C)(O)CO)cc1. The number of hydrogen-bond acceptors (Lipinski definition) is 4. The monoisotopic (exact) mass is 281 g/mol. The minimum atomic E-state index is -1.07. The van der Waals surface area contributed by atoms with Crippen LogP contribution in [0.1, 0.15) is 32.8 Å². The van der Waals surface area contributed by atoms with Crippen molar-refractivity contribution in [2.75, 3.05) is 19.8 Å². The van der Waals surface area contributed by atoms with Crippen molar-refractivity contribution in [2.24, 2.45) is 5.92 Å². The molecule has 0 heterocycles. The molecule has 0 aliphatic rings. The van der Waals surface area contributed by atoms with Crippen molar-refractivity contribution >= 4 is 0 Å². The molecule has 0 aromatic heterocycles. The summed E-state index contributed by atoms with van der Waals surface area (Å²) in [5, 5.41) is 21.7. The molecule has 3 N–H and O–H groups in total. The Labute approximate surface area is 121 Å². The van der Waals surface area contributed by atoms with E-state index in [4.69, 9.17) is 9.84 Å². The van der Waals surface area contributed by atoms with Crippen molar-refractivity contribution in [1.29, 1.82) is 0 Å². The number of aliphatic hydroxyl groups is 2. The molecular formula is C16H27NO3. The van der Waals surface area contributed by atoms with Crippen LogP contribution < -0.4 is 10.1 Å². The van der Waals surface area contributed by atoms with Crippen LogP contribution in [0.2, 0.25) is 0 Å². The second-order valence-corrected chi connectivity index (χ2v) is 5.93. The van der Waals surface area contributed by atoms with Gasteiger partial charge in [-0.05, 0) is 37.0 Å². The molecule has 0 bridgehead atoms. The van der Waals surface area contributed by atoms with Crippen molar-refractivity contribution < 1.29 is 14.9 Å². The Morgan fingerprint density at radius 2 is 1.90 bits per heavy atom. The highest BCUT2D eigenvalue weighted by atomic mass is 16.5. The molecule has 114 valence electrons. The van der Waals surface area contributed by atoms with Crippen LogP contribution in [0.15, 0.2) is 24.3 Å². The number of ether oxygens (including phenoxy) is 1. The molecular weight excluding hydrogens is 254 g/mol. The van der Waals surface area contributed by atoms with Crippen molar-refractivity contribution in [3.05, 3.63) is 29.8 Å². The molecule has 20 heavy (non-hydrogen) atoms. The van der Waals surface area contributed by atoms with Gasteiger partial charge in [0.05, 0.1) is 18.8 Å². The first-order valence-electron chi connectivity index (χ1n) is 7.18. The molecule has 0 saturated heterocycles. The van der Waals surface area contributed by atoms with Crippen LogP contribution in [-0.2, 0) is 6.54 Å². The molecule has 0 aliphatic carbocycles. The van der Waals surface area contributed by atoms with Crippen LogP contribution in [0.3, 0.4) is 0 Å². The Balaban J connectivity index is 2.31. The van der Waals surface area contributed by atoms with Gasteiger partial charge in [0.15, 0.2) is 0 Å². The molecule has 1 aromatic carbocycles. The van der Waals surface area contributed by atoms with E-state index in [0.29, 0.717) is 19.0 Å². The number of nitrogens with one attached hydrogen (secondary N) is 1. The van der Waals surface area contributed by atoms with Gasteiger partial charge in [-0.3, -0.25) is 0 Å². The third-order valence-electron chi connectivity index (χ3n) is 3.06.